The lowest BCUT2D eigenvalue weighted by Gasteiger charge is -2.35. The van der Waals surface area contributed by atoms with E-state index in [9.17, 15) is 9.59 Å². The summed E-state index contributed by atoms with van der Waals surface area (Å²) in [6, 6.07) is -0.733. The van der Waals surface area contributed by atoms with Gasteiger partial charge in [0.05, 0.1) is 13.2 Å². The first kappa shape index (κ1) is 13.7. The van der Waals surface area contributed by atoms with Gasteiger partial charge in [-0.25, -0.2) is 10.6 Å². The first-order chi connectivity index (χ1) is 7.85. The molecule has 1 saturated heterocycles. The zero-order chi connectivity index (χ0) is 13.1. The number of morpholine rings is 1. The summed E-state index contributed by atoms with van der Waals surface area (Å²) in [6.07, 6.45) is -0.533. The highest BCUT2D eigenvalue weighted by Gasteiger charge is 2.35. The Hall–Kier alpha value is -1.34. The molecule has 0 unspecified atom stereocenters. The predicted molar refractivity (Wildman–Crippen MR) is 59.9 cm³/mol. The summed E-state index contributed by atoms with van der Waals surface area (Å²) in [6.45, 7) is 6.12. The Morgan fingerprint density at radius 3 is 2.65 bits per heavy atom. The lowest BCUT2D eigenvalue weighted by Crippen LogP contribution is -2.57. The van der Waals surface area contributed by atoms with Gasteiger partial charge in [0.1, 0.15) is 11.6 Å². The molecule has 1 heterocycles. The molecular formula is C10H19N3O4. The summed E-state index contributed by atoms with van der Waals surface area (Å²) in [4.78, 5) is 24.7. The zero-order valence-corrected chi connectivity index (χ0v) is 10.4. The first-order valence-electron chi connectivity index (χ1n) is 5.43. The van der Waals surface area contributed by atoms with Crippen molar-refractivity contribution in [3.8, 4) is 0 Å². The Morgan fingerprint density at radius 2 is 2.12 bits per heavy atom. The van der Waals surface area contributed by atoms with Crippen LogP contribution >= 0.6 is 0 Å². The number of nitrogens with zero attached hydrogens (tertiary/aromatic N) is 1. The normalized spacial score (nSPS) is 20.9. The van der Waals surface area contributed by atoms with Crippen molar-refractivity contribution in [1.82, 2.24) is 10.3 Å². The van der Waals surface area contributed by atoms with E-state index in [2.05, 4.69) is 0 Å². The highest BCUT2D eigenvalue weighted by atomic mass is 16.6. The van der Waals surface area contributed by atoms with E-state index in [-0.39, 0.29) is 6.61 Å². The van der Waals surface area contributed by atoms with Crippen LogP contribution in [-0.2, 0) is 14.3 Å². The van der Waals surface area contributed by atoms with Crippen molar-refractivity contribution in [2.45, 2.75) is 32.4 Å². The number of rotatable bonds is 1. The fourth-order valence-corrected chi connectivity index (χ4v) is 1.46. The smallest absolute Gasteiger partial charge is 0.411 e. The molecule has 0 aliphatic carbocycles. The fourth-order valence-electron chi connectivity index (χ4n) is 1.46. The number of hydrogen-bond donors (Lipinski definition) is 2. The molecule has 1 aliphatic rings. The van der Waals surface area contributed by atoms with Crippen LogP contribution in [0.1, 0.15) is 20.8 Å². The predicted octanol–water partition coefficient (Wildman–Crippen LogP) is -0.388. The Balaban J connectivity index is 2.71. The molecule has 7 nitrogen and oxygen atoms in total. The zero-order valence-electron chi connectivity index (χ0n) is 10.4. The molecule has 1 rings (SSSR count). The second-order valence-corrected chi connectivity index (χ2v) is 4.77. The maximum atomic E-state index is 11.9. The minimum Gasteiger partial charge on any atom is -0.444 e. The van der Waals surface area contributed by atoms with Crippen molar-refractivity contribution < 1.29 is 19.1 Å². The average Bonchev–Trinajstić information content (AvgIpc) is 2.25. The van der Waals surface area contributed by atoms with Gasteiger partial charge in [-0.3, -0.25) is 15.1 Å². The van der Waals surface area contributed by atoms with Crippen molar-refractivity contribution in [2.24, 2.45) is 5.84 Å². The van der Waals surface area contributed by atoms with E-state index in [4.69, 9.17) is 15.3 Å². The first-order valence-corrected chi connectivity index (χ1v) is 5.43. The van der Waals surface area contributed by atoms with Crippen LogP contribution in [0.5, 0.6) is 0 Å². The highest BCUT2D eigenvalue weighted by molar-refractivity contribution is 5.85. The SMILES string of the molecule is CC(C)(C)OC(=O)N1CCOC[C@@H]1C(=O)NN. The average molecular weight is 245 g/mol. The van der Waals surface area contributed by atoms with Gasteiger partial charge in [0.2, 0.25) is 0 Å². The minimum atomic E-state index is -0.733. The molecule has 0 aromatic carbocycles. The molecule has 2 amide bonds. The summed E-state index contributed by atoms with van der Waals surface area (Å²) >= 11 is 0. The van der Waals surface area contributed by atoms with Crippen LogP contribution in [0.25, 0.3) is 0 Å². The van der Waals surface area contributed by atoms with Gasteiger partial charge in [0.25, 0.3) is 5.91 Å². The van der Waals surface area contributed by atoms with Crippen LogP contribution < -0.4 is 11.3 Å². The van der Waals surface area contributed by atoms with Gasteiger partial charge < -0.3 is 9.47 Å². The van der Waals surface area contributed by atoms with E-state index >= 15 is 0 Å². The van der Waals surface area contributed by atoms with Gasteiger partial charge in [-0.1, -0.05) is 0 Å². The fraction of sp³-hybridized carbons (Fsp3) is 0.800. The third-order valence-electron chi connectivity index (χ3n) is 2.20. The second kappa shape index (κ2) is 5.33. The third-order valence-corrected chi connectivity index (χ3v) is 2.20. The van der Waals surface area contributed by atoms with E-state index in [1.807, 2.05) is 5.43 Å². The molecule has 1 fully saturated rings. The molecule has 98 valence electrons. The molecule has 0 aromatic rings. The van der Waals surface area contributed by atoms with E-state index < -0.39 is 23.6 Å². The standard InChI is InChI=1S/C10H19N3O4/c1-10(2,3)17-9(15)13-4-5-16-6-7(13)8(14)12-11/h7H,4-6,11H2,1-3H3,(H,12,14)/t7-/m1/s1. The lowest BCUT2D eigenvalue weighted by atomic mass is 10.2. The van der Waals surface area contributed by atoms with Crippen LogP contribution in [0, 0.1) is 0 Å². The summed E-state index contributed by atoms with van der Waals surface area (Å²) in [7, 11) is 0. The van der Waals surface area contributed by atoms with E-state index in [1.54, 1.807) is 20.8 Å². The molecule has 7 heteroatoms. The molecule has 1 atom stereocenters. The van der Waals surface area contributed by atoms with Crippen molar-refractivity contribution in [2.75, 3.05) is 19.8 Å². The molecule has 1 aliphatic heterocycles. The third kappa shape index (κ3) is 3.86. The van der Waals surface area contributed by atoms with E-state index in [1.165, 1.54) is 4.90 Å². The number of hydrazine groups is 1. The van der Waals surface area contributed by atoms with E-state index in [0.717, 1.165) is 0 Å². The van der Waals surface area contributed by atoms with Gasteiger partial charge >= 0.3 is 6.09 Å². The largest absolute Gasteiger partial charge is 0.444 e. The Morgan fingerprint density at radius 1 is 1.47 bits per heavy atom. The number of carbonyl (C=O) groups is 2. The topological polar surface area (TPSA) is 93.9 Å². The molecular weight excluding hydrogens is 226 g/mol. The van der Waals surface area contributed by atoms with Gasteiger partial charge in [0.15, 0.2) is 0 Å². The number of nitrogens with two attached hydrogens (primary N) is 1. The number of ether oxygens (including phenoxy) is 2. The van der Waals surface area contributed by atoms with Crippen LogP contribution in [0.3, 0.4) is 0 Å². The molecule has 3 N–H and O–H groups in total. The molecule has 0 aromatic heterocycles. The maximum absolute atomic E-state index is 11.9. The van der Waals surface area contributed by atoms with Crippen LogP contribution in [-0.4, -0.2) is 48.3 Å². The number of nitrogens with one attached hydrogen (secondary N) is 1. The van der Waals surface area contributed by atoms with Crippen molar-refractivity contribution in [3.63, 3.8) is 0 Å². The lowest BCUT2D eigenvalue weighted by molar-refractivity contribution is -0.132. The summed E-state index contributed by atoms with van der Waals surface area (Å²) < 4.78 is 10.4. The monoisotopic (exact) mass is 245 g/mol. The van der Waals surface area contributed by atoms with Crippen molar-refractivity contribution >= 4 is 12.0 Å². The number of amides is 2. The second-order valence-electron chi connectivity index (χ2n) is 4.77. The van der Waals surface area contributed by atoms with E-state index in [0.29, 0.717) is 13.2 Å². The quantitative estimate of drug-likeness (QED) is 0.373. The molecule has 0 bridgehead atoms. The van der Waals surface area contributed by atoms with Crippen molar-refractivity contribution in [3.05, 3.63) is 0 Å². The Labute approximate surface area is 100 Å². The maximum Gasteiger partial charge on any atom is 0.411 e. The number of hydrogen-bond acceptors (Lipinski definition) is 5. The van der Waals surface area contributed by atoms with Crippen LogP contribution in [0.15, 0.2) is 0 Å². The summed E-state index contributed by atoms with van der Waals surface area (Å²) in [5.41, 5.74) is 1.42. The minimum absolute atomic E-state index is 0.127. The molecule has 17 heavy (non-hydrogen) atoms. The molecule has 0 radical (unpaired) electrons. The van der Waals surface area contributed by atoms with Gasteiger partial charge in [-0.2, -0.15) is 0 Å². The van der Waals surface area contributed by atoms with Crippen molar-refractivity contribution in [1.29, 1.82) is 0 Å². The Kier molecular flexibility index (Phi) is 4.30. The molecule has 0 spiro atoms. The van der Waals surface area contributed by atoms with Gasteiger partial charge in [-0.15, -0.1) is 0 Å². The highest BCUT2D eigenvalue weighted by Crippen LogP contribution is 2.14. The van der Waals surface area contributed by atoms with Crippen LogP contribution in [0.4, 0.5) is 4.79 Å². The Bertz CT molecular complexity index is 300. The van der Waals surface area contributed by atoms with Crippen LogP contribution in [0.2, 0.25) is 0 Å². The summed E-state index contributed by atoms with van der Waals surface area (Å²) in [5.74, 6) is 4.60. The van der Waals surface area contributed by atoms with Gasteiger partial charge in [0, 0.05) is 6.54 Å². The summed E-state index contributed by atoms with van der Waals surface area (Å²) in [5, 5.41) is 0. The molecule has 0 saturated carbocycles. The number of carbonyl (C=O) groups excluding carboxylic acids is 2. The van der Waals surface area contributed by atoms with Gasteiger partial charge in [-0.05, 0) is 20.8 Å².